The van der Waals surface area contributed by atoms with Crippen molar-refractivity contribution in [2.75, 3.05) is 32.8 Å². The number of carbonyl (C=O) groups excluding carboxylic acids is 2. The summed E-state index contributed by atoms with van der Waals surface area (Å²) in [5, 5.41) is 7.94. The number of amides is 1. The van der Waals surface area contributed by atoms with Crippen LogP contribution in [0.25, 0.3) is 10.8 Å². The van der Waals surface area contributed by atoms with E-state index in [2.05, 4.69) is 10.2 Å². The van der Waals surface area contributed by atoms with Crippen molar-refractivity contribution in [2.45, 2.75) is 4.90 Å². The molecule has 1 amide bonds. The van der Waals surface area contributed by atoms with Crippen LogP contribution in [0.3, 0.4) is 0 Å². The summed E-state index contributed by atoms with van der Waals surface area (Å²) in [6.45, 7) is 0.403. The number of H-pyrrole nitrogens is 1. The van der Waals surface area contributed by atoms with Gasteiger partial charge in [-0.25, -0.2) is 13.2 Å². The molecule has 0 spiro atoms. The fourth-order valence-corrected chi connectivity index (χ4v) is 4.78. The summed E-state index contributed by atoms with van der Waals surface area (Å²) in [5.74, 6) is -1.04. The molecule has 1 aliphatic heterocycles. The molecule has 10 heteroatoms. The molecule has 0 atom stereocenters. The number of sulfonamides is 1. The van der Waals surface area contributed by atoms with Gasteiger partial charge in [0.2, 0.25) is 10.0 Å². The van der Waals surface area contributed by atoms with E-state index in [4.69, 9.17) is 4.74 Å². The molecule has 30 heavy (non-hydrogen) atoms. The number of rotatable bonds is 5. The molecule has 1 saturated heterocycles. The van der Waals surface area contributed by atoms with E-state index < -0.39 is 22.6 Å². The average molecular weight is 428 g/mol. The maximum absolute atomic E-state index is 13.0. The van der Waals surface area contributed by atoms with Crippen LogP contribution in [0, 0.1) is 0 Å². The minimum absolute atomic E-state index is 0.161. The molecular weight excluding hydrogens is 408 g/mol. The Morgan fingerprint density at radius 1 is 1.00 bits per heavy atom. The first kappa shape index (κ1) is 20.0. The van der Waals surface area contributed by atoms with Gasteiger partial charge in [-0.15, -0.1) is 0 Å². The lowest BCUT2D eigenvalue weighted by atomic mass is 10.1. The Kier molecular flexibility index (Phi) is 5.51. The van der Waals surface area contributed by atoms with Crippen LogP contribution in [0.5, 0.6) is 0 Å². The van der Waals surface area contributed by atoms with Gasteiger partial charge in [0.1, 0.15) is 5.69 Å². The predicted molar refractivity (Wildman–Crippen MR) is 108 cm³/mol. The molecule has 1 aliphatic rings. The Morgan fingerprint density at radius 2 is 1.73 bits per heavy atom. The summed E-state index contributed by atoms with van der Waals surface area (Å²) in [5.41, 5.74) is 0.161. The molecule has 2 heterocycles. The maximum atomic E-state index is 13.0. The van der Waals surface area contributed by atoms with Gasteiger partial charge in [-0.05, 0) is 29.0 Å². The molecule has 2 aromatic carbocycles. The number of aromatic nitrogens is 2. The fraction of sp³-hybridized carbons (Fsp3) is 0.250. The summed E-state index contributed by atoms with van der Waals surface area (Å²) >= 11 is 0. The van der Waals surface area contributed by atoms with Crippen LogP contribution in [0.2, 0.25) is 0 Å². The smallest absolute Gasteiger partial charge is 0.356 e. The number of nitrogens with one attached hydrogen (secondary N) is 1. The fourth-order valence-electron chi connectivity index (χ4n) is 3.32. The SMILES string of the molecule is O=C(OCC(=O)N1CCN(S(=O)(=O)c2ccc3ccccc3c2)CC1)c1ccn[nH]1. The lowest BCUT2D eigenvalue weighted by molar-refractivity contribution is -0.135. The quantitative estimate of drug-likeness (QED) is 0.612. The molecule has 1 aromatic heterocycles. The molecule has 0 radical (unpaired) electrons. The number of carbonyl (C=O) groups is 2. The van der Waals surface area contributed by atoms with Gasteiger partial charge in [0.25, 0.3) is 5.91 Å². The van der Waals surface area contributed by atoms with E-state index in [0.717, 1.165) is 10.8 Å². The summed E-state index contributed by atoms with van der Waals surface area (Å²) in [6.07, 6.45) is 1.41. The van der Waals surface area contributed by atoms with E-state index in [1.807, 2.05) is 24.3 Å². The van der Waals surface area contributed by atoms with E-state index >= 15 is 0 Å². The molecule has 3 aromatic rings. The van der Waals surface area contributed by atoms with Crippen molar-refractivity contribution in [3.8, 4) is 0 Å². The first-order chi connectivity index (χ1) is 14.4. The van der Waals surface area contributed by atoms with E-state index in [-0.39, 0.29) is 42.7 Å². The number of esters is 1. The summed E-state index contributed by atoms with van der Waals surface area (Å²) in [7, 11) is -3.66. The second kappa shape index (κ2) is 8.25. The van der Waals surface area contributed by atoms with E-state index in [9.17, 15) is 18.0 Å². The molecule has 0 aliphatic carbocycles. The highest BCUT2D eigenvalue weighted by Crippen LogP contribution is 2.22. The predicted octanol–water partition coefficient (Wildman–Crippen LogP) is 1.25. The van der Waals surface area contributed by atoms with Crippen LogP contribution in [0.4, 0.5) is 0 Å². The summed E-state index contributed by atoms with van der Waals surface area (Å²) in [6, 6.07) is 14.1. The van der Waals surface area contributed by atoms with Crippen molar-refractivity contribution < 1.29 is 22.7 Å². The van der Waals surface area contributed by atoms with Gasteiger partial charge in [-0.1, -0.05) is 30.3 Å². The zero-order valence-corrected chi connectivity index (χ0v) is 16.8. The summed E-state index contributed by atoms with van der Waals surface area (Å²) < 4.78 is 32.3. The number of piperazine rings is 1. The minimum Gasteiger partial charge on any atom is -0.451 e. The van der Waals surface area contributed by atoms with E-state index in [1.165, 1.54) is 21.5 Å². The van der Waals surface area contributed by atoms with Crippen molar-refractivity contribution >= 4 is 32.7 Å². The molecule has 0 saturated carbocycles. The number of hydrogen-bond acceptors (Lipinski definition) is 6. The standard InChI is InChI=1S/C20H20N4O5S/c25-19(14-29-20(26)18-7-8-21-22-18)23-9-11-24(12-10-23)30(27,28)17-6-5-15-3-1-2-4-16(15)13-17/h1-8,13H,9-12,14H2,(H,21,22). The zero-order chi connectivity index (χ0) is 21.1. The lowest BCUT2D eigenvalue weighted by Crippen LogP contribution is -2.51. The Bertz CT molecular complexity index is 1170. The number of ether oxygens (including phenoxy) is 1. The third-order valence-corrected chi connectivity index (χ3v) is 6.89. The van der Waals surface area contributed by atoms with Gasteiger partial charge < -0.3 is 9.64 Å². The van der Waals surface area contributed by atoms with E-state index in [0.29, 0.717) is 0 Å². The highest BCUT2D eigenvalue weighted by molar-refractivity contribution is 7.89. The molecule has 0 bridgehead atoms. The topological polar surface area (TPSA) is 113 Å². The number of benzene rings is 2. The largest absolute Gasteiger partial charge is 0.451 e. The van der Waals surface area contributed by atoms with Gasteiger partial charge in [0, 0.05) is 32.4 Å². The third kappa shape index (κ3) is 4.05. The molecule has 4 rings (SSSR count). The molecular formula is C20H20N4O5S. The number of hydrogen-bond donors (Lipinski definition) is 1. The van der Waals surface area contributed by atoms with Crippen molar-refractivity contribution in [1.82, 2.24) is 19.4 Å². The third-order valence-electron chi connectivity index (χ3n) is 5.00. The second-order valence-corrected chi connectivity index (χ2v) is 8.78. The molecule has 1 N–H and O–H groups in total. The first-order valence-corrected chi connectivity index (χ1v) is 10.8. The van der Waals surface area contributed by atoms with Crippen LogP contribution in [0.15, 0.2) is 59.6 Å². The van der Waals surface area contributed by atoms with Crippen molar-refractivity contribution in [1.29, 1.82) is 0 Å². The molecule has 1 fully saturated rings. The Balaban J connectivity index is 1.36. The normalized spacial score (nSPS) is 15.3. The second-order valence-electron chi connectivity index (χ2n) is 6.84. The highest BCUT2D eigenvalue weighted by Gasteiger charge is 2.30. The maximum Gasteiger partial charge on any atom is 0.356 e. The van der Waals surface area contributed by atoms with Gasteiger partial charge in [-0.2, -0.15) is 9.40 Å². The number of nitrogens with zero attached hydrogens (tertiary/aromatic N) is 3. The Morgan fingerprint density at radius 3 is 2.43 bits per heavy atom. The van der Waals surface area contributed by atoms with Crippen LogP contribution < -0.4 is 0 Å². The monoisotopic (exact) mass is 428 g/mol. The number of aromatic amines is 1. The summed E-state index contributed by atoms with van der Waals surface area (Å²) in [4.78, 5) is 25.8. The number of fused-ring (bicyclic) bond motifs is 1. The van der Waals surface area contributed by atoms with Crippen LogP contribution in [-0.2, 0) is 19.6 Å². The average Bonchev–Trinajstić information content (AvgIpc) is 3.32. The molecule has 0 unspecified atom stereocenters. The zero-order valence-electron chi connectivity index (χ0n) is 16.0. The van der Waals surface area contributed by atoms with Crippen molar-refractivity contribution in [3.63, 3.8) is 0 Å². The Labute approximate surface area is 173 Å². The Hall–Kier alpha value is -3.24. The van der Waals surface area contributed by atoms with Crippen molar-refractivity contribution in [2.24, 2.45) is 0 Å². The van der Waals surface area contributed by atoms with Gasteiger partial charge >= 0.3 is 5.97 Å². The van der Waals surface area contributed by atoms with E-state index in [1.54, 1.807) is 18.2 Å². The molecule has 156 valence electrons. The first-order valence-electron chi connectivity index (χ1n) is 9.38. The van der Waals surface area contributed by atoms with Gasteiger partial charge in [0.05, 0.1) is 4.90 Å². The van der Waals surface area contributed by atoms with Gasteiger partial charge in [0.15, 0.2) is 6.61 Å². The van der Waals surface area contributed by atoms with Crippen LogP contribution in [-0.4, -0.2) is 72.5 Å². The highest BCUT2D eigenvalue weighted by atomic mass is 32.2. The minimum atomic E-state index is -3.66. The van der Waals surface area contributed by atoms with Crippen molar-refractivity contribution in [3.05, 3.63) is 60.4 Å². The lowest BCUT2D eigenvalue weighted by Gasteiger charge is -2.33. The molecule has 9 nitrogen and oxygen atoms in total. The van der Waals surface area contributed by atoms with Crippen LogP contribution in [0.1, 0.15) is 10.5 Å². The van der Waals surface area contributed by atoms with Gasteiger partial charge in [-0.3, -0.25) is 9.89 Å². The van der Waals surface area contributed by atoms with Crippen LogP contribution >= 0.6 is 0 Å².